The molecule has 0 aromatic heterocycles. The lowest BCUT2D eigenvalue weighted by molar-refractivity contribution is -0.119. The Morgan fingerprint density at radius 2 is 1.95 bits per heavy atom. The fraction of sp³-hybridized carbons (Fsp3) is 0.529. The average molecular weight is 303 g/mol. The monoisotopic (exact) mass is 303 g/mol. The van der Waals surface area contributed by atoms with Crippen LogP contribution in [0.3, 0.4) is 0 Å². The fourth-order valence-corrected chi connectivity index (χ4v) is 2.57. The predicted octanol–water partition coefficient (Wildman–Crippen LogP) is 1.88. The first kappa shape index (κ1) is 16.5. The summed E-state index contributed by atoms with van der Waals surface area (Å²) in [5, 5.41) is 2.92. The Labute approximate surface area is 132 Å². The van der Waals surface area contributed by atoms with Crippen molar-refractivity contribution in [2.45, 2.75) is 25.7 Å². The molecule has 1 saturated heterocycles. The summed E-state index contributed by atoms with van der Waals surface area (Å²) in [4.78, 5) is 27.8. The van der Waals surface area contributed by atoms with Crippen LogP contribution in [-0.4, -0.2) is 50.4 Å². The molecule has 1 N–H and O–H groups in total. The first-order valence-corrected chi connectivity index (χ1v) is 7.91. The Morgan fingerprint density at radius 3 is 2.59 bits per heavy atom. The minimum absolute atomic E-state index is 0.0599. The van der Waals surface area contributed by atoms with Gasteiger partial charge in [0.25, 0.3) is 5.91 Å². The standard InChI is InChI=1S/C17H25N3O2/c1-19(2)12-5-11-18-17(22)14-7-9-15(10-8-14)20-13-4-3-6-16(20)21/h7-10H,3-6,11-13H2,1-2H3,(H,18,22). The molecule has 2 rings (SSSR count). The van der Waals surface area contributed by atoms with Gasteiger partial charge >= 0.3 is 0 Å². The van der Waals surface area contributed by atoms with Crippen LogP contribution in [0.5, 0.6) is 0 Å². The lowest BCUT2D eigenvalue weighted by Gasteiger charge is -2.26. The molecule has 1 aromatic carbocycles. The summed E-state index contributed by atoms with van der Waals surface area (Å²) in [5.41, 5.74) is 1.52. The molecule has 5 heteroatoms. The summed E-state index contributed by atoms with van der Waals surface area (Å²) in [6, 6.07) is 7.30. The number of rotatable bonds is 6. The molecule has 1 aliphatic rings. The molecule has 0 spiro atoms. The Hall–Kier alpha value is -1.88. The number of carbonyl (C=O) groups is 2. The summed E-state index contributed by atoms with van der Waals surface area (Å²) in [6.07, 6.45) is 3.57. The van der Waals surface area contributed by atoms with Crippen molar-refractivity contribution in [3.05, 3.63) is 29.8 Å². The van der Waals surface area contributed by atoms with Gasteiger partial charge in [-0.15, -0.1) is 0 Å². The second kappa shape index (κ2) is 7.94. The third-order valence-corrected chi connectivity index (χ3v) is 3.83. The summed E-state index contributed by atoms with van der Waals surface area (Å²) >= 11 is 0. The number of hydrogen-bond acceptors (Lipinski definition) is 3. The van der Waals surface area contributed by atoms with Gasteiger partial charge in [0.15, 0.2) is 0 Å². The Morgan fingerprint density at radius 1 is 1.23 bits per heavy atom. The molecule has 0 aliphatic carbocycles. The Kier molecular flexibility index (Phi) is 5.95. The summed E-state index contributed by atoms with van der Waals surface area (Å²) in [7, 11) is 4.03. The van der Waals surface area contributed by atoms with E-state index in [0.29, 0.717) is 18.5 Å². The number of amides is 2. The van der Waals surface area contributed by atoms with Gasteiger partial charge in [-0.05, 0) is 64.2 Å². The highest BCUT2D eigenvalue weighted by Crippen LogP contribution is 2.21. The maximum atomic E-state index is 12.0. The topological polar surface area (TPSA) is 52.7 Å². The van der Waals surface area contributed by atoms with Gasteiger partial charge in [-0.25, -0.2) is 0 Å². The number of nitrogens with one attached hydrogen (secondary N) is 1. The lowest BCUT2D eigenvalue weighted by atomic mass is 10.1. The largest absolute Gasteiger partial charge is 0.352 e. The molecule has 120 valence electrons. The first-order valence-electron chi connectivity index (χ1n) is 7.91. The minimum atomic E-state index is -0.0599. The molecule has 1 aromatic rings. The smallest absolute Gasteiger partial charge is 0.251 e. The quantitative estimate of drug-likeness (QED) is 0.817. The van der Waals surface area contributed by atoms with Gasteiger partial charge in [0.1, 0.15) is 0 Å². The molecule has 2 amide bonds. The minimum Gasteiger partial charge on any atom is -0.352 e. The van der Waals surface area contributed by atoms with Gasteiger partial charge in [0.2, 0.25) is 5.91 Å². The normalized spacial score (nSPS) is 15.2. The van der Waals surface area contributed by atoms with E-state index in [4.69, 9.17) is 0 Å². The number of benzene rings is 1. The van der Waals surface area contributed by atoms with Crippen molar-refractivity contribution in [2.75, 3.05) is 38.6 Å². The third kappa shape index (κ3) is 4.56. The molecular formula is C17H25N3O2. The van der Waals surface area contributed by atoms with E-state index < -0.39 is 0 Å². The van der Waals surface area contributed by atoms with Gasteiger partial charge < -0.3 is 15.1 Å². The second-order valence-electron chi connectivity index (χ2n) is 5.96. The van der Waals surface area contributed by atoms with Crippen molar-refractivity contribution in [3.8, 4) is 0 Å². The molecule has 1 aliphatic heterocycles. The summed E-state index contributed by atoms with van der Waals surface area (Å²) < 4.78 is 0. The fourth-order valence-electron chi connectivity index (χ4n) is 2.57. The van der Waals surface area contributed by atoms with Gasteiger partial charge in [-0.3, -0.25) is 9.59 Å². The van der Waals surface area contributed by atoms with Gasteiger partial charge in [-0.2, -0.15) is 0 Å². The van der Waals surface area contributed by atoms with Crippen molar-refractivity contribution < 1.29 is 9.59 Å². The lowest BCUT2D eigenvalue weighted by Crippen LogP contribution is -2.35. The summed E-state index contributed by atoms with van der Waals surface area (Å²) in [6.45, 7) is 2.40. The van der Waals surface area contributed by atoms with Crippen LogP contribution in [-0.2, 0) is 4.79 Å². The molecule has 5 nitrogen and oxygen atoms in total. The summed E-state index contributed by atoms with van der Waals surface area (Å²) in [5.74, 6) is 0.113. The molecule has 1 fully saturated rings. The van der Waals surface area contributed by atoms with Crippen LogP contribution in [0.4, 0.5) is 5.69 Å². The Balaban J connectivity index is 1.88. The van der Waals surface area contributed by atoms with E-state index in [0.717, 1.165) is 38.0 Å². The van der Waals surface area contributed by atoms with Crippen LogP contribution in [0.15, 0.2) is 24.3 Å². The molecule has 22 heavy (non-hydrogen) atoms. The van der Waals surface area contributed by atoms with Crippen molar-refractivity contribution in [3.63, 3.8) is 0 Å². The molecule has 0 saturated carbocycles. The van der Waals surface area contributed by atoms with Crippen LogP contribution >= 0.6 is 0 Å². The van der Waals surface area contributed by atoms with Crippen molar-refractivity contribution >= 4 is 17.5 Å². The number of anilines is 1. The van der Waals surface area contributed by atoms with Crippen LogP contribution in [0, 0.1) is 0 Å². The molecule has 0 bridgehead atoms. The second-order valence-corrected chi connectivity index (χ2v) is 5.96. The zero-order valence-corrected chi connectivity index (χ0v) is 13.5. The van der Waals surface area contributed by atoms with E-state index in [1.807, 2.05) is 31.1 Å². The first-order chi connectivity index (χ1) is 10.6. The van der Waals surface area contributed by atoms with E-state index in [9.17, 15) is 9.59 Å². The Bertz CT molecular complexity index is 511. The maximum absolute atomic E-state index is 12.0. The molecule has 0 radical (unpaired) electrons. The van der Waals surface area contributed by atoms with Crippen LogP contribution < -0.4 is 10.2 Å². The van der Waals surface area contributed by atoms with Crippen molar-refractivity contribution in [1.82, 2.24) is 10.2 Å². The highest BCUT2D eigenvalue weighted by molar-refractivity contribution is 5.96. The highest BCUT2D eigenvalue weighted by Gasteiger charge is 2.19. The molecule has 1 heterocycles. The van der Waals surface area contributed by atoms with E-state index in [1.54, 1.807) is 12.1 Å². The van der Waals surface area contributed by atoms with Gasteiger partial charge in [-0.1, -0.05) is 0 Å². The van der Waals surface area contributed by atoms with E-state index in [1.165, 1.54) is 0 Å². The zero-order valence-electron chi connectivity index (χ0n) is 13.5. The third-order valence-electron chi connectivity index (χ3n) is 3.83. The average Bonchev–Trinajstić information content (AvgIpc) is 2.52. The van der Waals surface area contributed by atoms with Gasteiger partial charge in [0.05, 0.1) is 0 Å². The van der Waals surface area contributed by atoms with E-state index >= 15 is 0 Å². The maximum Gasteiger partial charge on any atom is 0.251 e. The SMILES string of the molecule is CN(C)CCCNC(=O)c1ccc(N2CCCCC2=O)cc1. The van der Waals surface area contributed by atoms with Gasteiger partial charge in [0, 0.05) is 30.8 Å². The predicted molar refractivity (Wildman–Crippen MR) is 88.2 cm³/mol. The van der Waals surface area contributed by atoms with Crippen LogP contribution in [0.25, 0.3) is 0 Å². The van der Waals surface area contributed by atoms with Crippen molar-refractivity contribution in [1.29, 1.82) is 0 Å². The zero-order chi connectivity index (χ0) is 15.9. The van der Waals surface area contributed by atoms with Crippen molar-refractivity contribution in [2.24, 2.45) is 0 Å². The number of piperidine rings is 1. The number of nitrogens with zero attached hydrogens (tertiary/aromatic N) is 2. The number of carbonyl (C=O) groups excluding carboxylic acids is 2. The highest BCUT2D eigenvalue weighted by atomic mass is 16.2. The van der Waals surface area contributed by atoms with E-state index in [2.05, 4.69) is 10.2 Å². The molecular weight excluding hydrogens is 278 g/mol. The van der Waals surface area contributed by atoms with Crippen LogP contribution in [0.2, 0.25) is 0 Å². The molecule has 0 atom stereocenters. The van der Waals surface area contributed by atoms with Crippen LogP contribution in [0.1, 0.15) is 36.0 Å². The molecule has 0 unspecified atom stereocenters. The number of hydrogen-bond donors (Lipinski definition) is 1. The van der Waals surface area contributed by atoms with E-state index in [-0.39, 0.29) is 11.8 Å².